The SMILES string of the molecule is CC(C)CC1(CNC(=O)C2CCC(N)CC2C)CCCC1. The zero-order chi connectivity index (χ0) is 15.5. The quantitative estimate of drug-likeness (QED) is 0.815. The average Bonchev–Trinajstić information content (AvgIpc) is 2.84. The van der Waals surface area contributed by atoms with Crippen LogP contribution in [0.3, 0.4) is 0 Å². The standard InChI is InChI=1S/C18H34N2O/c1-13(2)11-18(8-4-5-9-18)12-20-17(21)16-7-6-15(19)10-14(16)3/h13-16H,4-12,19H2,1-3H3,(H,20,21). The van der Waals surface area contributed by atoms with Crippen molar-refractivity contribution < 1.29 is 4.79 Å². The van der Waals surface area contributed by atoms with Gasteiger partial charge in [0.1, 0.15) is 0 Å². The van der Waals surface area contributed by atoms with Gasteiger partial charge in [-0.25, -0.2) is 0 Å². The van der Waals surface area contributed by atoms with E-state index in [-0.39, 0.29) is 11.8 Å². The topological polar surface area (TPSA) is 55.1 Å². The Bertz CT molecular complexity index is 347. The van der Waals surface area contributed by atoms with Crippen LogP contribution in [0.15, 0.2) is 0 Å². The fraction of sp³-hybridized carbons (Fsp3) is 0.944. The molecule has 3 atom stereocenters. The number of hydrogen-bond acceptors (Lipinski definition) is 2. The first kappa shape index (κ1) is 16.8. The third-order valence-corrected chi connectivity index (χ3v) is 5.69. The lowest BCUT2D eigenvalue weighted by atomic mass is 9.76. The summed E-state index contributed by atoms with van der Waals surface area (Å²) in [6.07, 6.45) is 9.44. The van der Waals surface area contributed by atoms with Crippen molar-refractivity contribution in [2.24, 2.45) is 28.9 Å². The molecule has 0 saturated heterocycles. The van der Waals surface area contributed by atoms with E-state index < -0.39 is 0 Å². The Morgan fingerprint density at radius 3 is 2.52 bits per heavy atom. The molecule has 3 nitrogen and oxygen atoms in total. The van der Waals surface area contributed by atoms with E-state index in [0.29, 0.717) is 23.3 Å². The highest BCUT2D eigenvalue weighted by Gasteiger charge is 2.36. The summed E-state index contributed by atoms with van der Waals surface area (Å²) in [5.41, 5.74) is 6.38. The molecule has 21 heavy (non-hydrogen) atoms. The van der Waals surface area contributed by atoms with Gasteiger partial charge in [0.25, 0.3) is 0 Å². The smallest absolute Gasteiger partial charge is 0.223 e. The van der Waals surface area contributed by atoms with Crippen molar-refractivity contribution in [1.29, 1.82) is 0 Å². The Balaban J connectivity index is 1.87. The van der Waals surface area contributed by atoms with E-state index in [1.54, 1.807) is 0 Å². The summed E-state index contributed by atoms with van der Waals surface area (Å²) in [5.74, 6) is 1.61. The average molecular weight is 294 g/mol. The van der Waals surface area contributed by atoms with Crippen molar-refractivity contribution in [2.75, 3.05) is 6.54 Å². The van der Waals surface area contributed by atoms with Crippen LogP contribution in [0.2, 0.25) is 0 Å². The number of rotatable bonds is 5. The minimum absolute atomic E-state index is 0.183. The Morgan fingerprint density at radius 1 is 1.29 bits per heavy atom. The molecule has 0 aliphatic heterocycles. The highest BCUT2D eigenvalue weighted by molar-refractivity contribution is 5.79. The molecule has 0 radical (unpaired) electrons. The van der Waals surface area contributed by atoms with Crippen molar-refractivity contribution >= 4 is 5.91 Å². The first-order chi connectivity index (χ1) is 9.92. The predicted molar refractivity (Wildman–Crippen MR) is 87.8 cm³/mol. The molecular formula is C18H34N2O. The molecule has 0 spiro atoms. The van der Waals surface area contributed by atoms with Gasteiger partial charge in [-0.05, 0) is 55.8 Å². The first-order valence-electron chi connectivity index (χ1n) is 8.95. The zero-order valence-electron chi connectivity index (χ0n) is 14.2. The van der Waals surface area contributed by atoms with Gasteiger partial charge < -0.3 is 11.1 Å². The van der Waals surface area contributed by atoms with Gasteiger partial charge in [0.05, 0.1) is 0 Å². The number of nitrogens with one attached hydrogen (secondary N) is 1. The number of carbonyl (C=O) groups is 1. The van der Waals surface area contributed by atoms with Crippen LogP contribution < -0.4 is 11.1 Å². The molecule has 2 aliphatic rings. The van der Waals surface area contributed by atoms with Gasteiger partial charge in [-0.2, -0.15) is 0 Å². The molecule has 0 aromatic rings. The second kappa shape index (κ2) is 7.13. The van der Waals surface area contributed by atoms with Crippen LogP contribution in [-0.4, -0.2) is 18.5 Å². The molecule has 2 fully saturated rings. The third kappa shape index (κ3) is 4.45. The summed E-state index contributed by atoms with van der Waals surface area (Å²) < 4.78 is 0. The summed E-state index contributed by atoms with van der Waals surface area (Å²) >= 11 is 0. The van der Waals surface area contributed by atoms with Crippen molar-refractivity contribution in [3.63, 3.8) is 0 Å². The van der Waals surface area contributed by atoms with Gasteiger partial charge in [0.15, 0.2) is 0 Å². The van der Waals surface area contributed by atoms with Crippen LogP contribution in [0.25, 0.3) is 0 Å². The summed E-state index contributed by atoms with van der Waals surface area (Å²) in [4.78, 5) is 12.5. The number of carbonyl (C=O) groups excluding carboxylic acids is 1. The van der Waals surface area contributed by atoms with E-state index in [4.69, 9.17) is 5.73 Å². The van der Waals surface area contributed by atoms with Gasteiger partial charge in [0, 0.05) is 18.5 Å². The number of amides is 1. The predicted octanol–water partition coefficient (Wildman–Crippen LogP) is 3.47. The Labute approximate surface area is 130 Å². The van der Waals surface area contributed by atoms with E-state index >= 15 is 0 Å². The second-order valence-corrected chi connectivity index (χ2v) is 8.18. The molecule has 1 amide bonds. The lowest BCUT2D eigenvalue weighted by Gasteiger charge is -2.34. The normalized spacial score (nSPS) is 32.3. The van der Waals surface area contributed by atoms with E-state index in [9.17, 15) is 4.79 Å². The molecule has 0 aromatic carbocycles. The largest absolute Gasteiger partial charge is 0.355 e. The van der Waals surface area contributed by atoms with Crippen molar-refractivity contribution in [3.05, 3.63) is 0 Å². The lowest BCUT2D eigenvalue weighted by Crippen LogP contribution is -2.44. The van der Waals surface area contributed by atoms with Gasteiger partial charge in [-0.1, -0.05) is 33.6 Å². The van der Waals surface area contributed by atoms with E-state index in [2.05, 4.69) is 26.1 Å². The Kier molecular flexibility index (Phi) is 5.70. The summed E-state index contributed by atoms with van der Waals surface area (Å²) in [6.45, 7) is 7.67. The van der Waals surface area contributed by atoms with Crippen LogP contribution >= 0.6 is 0 Å². The van der Waals surface area contributed by atoms with Crippen LogP contribution in [0.4, 0.5) is 0 Å². The molecule has 2 saturated carbocycles. The fourth-order valence-electron chi connectivity index (χ4n) is 4.68. The van der Waals surface area contributed by atoms with Crippen molar-refractivity contribution in [1.82, 2.24) is 5.32 Å². The highest BCUT2D eigenvalue weighted by atomic mass is 16.1. The van der Waals surface area contributed by atoms with Crippen LogP contribution in [0, 0.1) is 23.2 Å². The second-order valence-electron chi connectivity index (χ2n) is 8.18. The van der Waals surface area contributed by atoms with Crippen LogP contribution in [0.1, 0.15) is 72.1 Å². The zero-order valence-corrected chi connectivity index (χ0v) is 14.2. The number of hydrogen-bond donors (Lipinski definition) is 2. The number of nitrogens with two attached hydrogens (primary N) is 1. The minimum Gasteiger partial charge on any atom is -0.355 e. The molecule has 122 valence electrons. The van der Waals surface area contributed by atoms with E-state index in [1.165, 1.54) is 32.1 Å². The maximum Gasteiger partial charge on any atom is 0.223 e. The highest BCUT2D eigenvalue weighted by Crippen LogP contribution is 2.42. The van der Waals surface area contributed by atoms with Gasteiger partial charge >= 0.3 is 0 Å². The maximum atomic E-state index is 12.5. The minimum atomic E-state index is 0.183. The maximum absolute atomic E-state index is 12.5. The van der Waals surface area contributed by atoms with E-state index in [1.807, 2.05) is 0 Å². The lowest BCUT2D eigenvalue weighted by molar-refractivity contribution is -0.128. The van der Waals surface area contributed by atoms with E-state index in [0.717, 1.165) is 25.8 Å². The van der Waals surface area contributed by atoms with Crippen LogP contribution in [0.5, 0.6) is 0 Å². The summed E-state index contributed by atoms with van der Waals surface area (Å²) in [5, 5.41) is 3.31. The van der Waals surface area contributed by atoms with Crippen molar-refractivity contribution in [2.45, 2.75) is 78.2 Å². The van der Waals surface area contributed by atoms with Gasteiger partial charge in [-0.15, -0.1) is 0 Å². The third-order valence-electron chi connectivity index (χ3n) is 5.69. The molecule has 0 bridgehead atoms. The summed E-state index contributed by atoms with van der Waals surface area (Å²) in [7, 11) is 0. The molecular weight excluding hydrogens is 260 g/mol. The van der Waals surface area contributed by atoms with Gasteiger partial charge in [-0.3, -0.25) is 4.79 Å². The first-order valence-corrected chi connectivity index (χ1v) is 8.95. The molecule has 3 unspecified atom stereocenters. The molecule has 0 heterocycles. The van der Waals surface area contributed by atoms with Gasteiger partial charge in [0.2, 0.25) is 5.91 Å². The molecule has 2 aliphatic carbocycles. The molecule has 3 N–H and O–H groups in total. The summed E-state index contributed by atoms with van der Waals surface area (Å²) in [6, 6.07) is 0.297. The Morgan fingerprint density at radius 2 is 1.95 bits per heavy atom. The molecule has 3 heteroatoms. The monoisotopic (exact) mass is 294 g/mol. The Hall–Kier alpha value is -0.570. The van der Waals surface area contributed by atoms with Crippen molar-refractivity contribution in [3.8, 4) is 0 Å². The fourth-order valence-corrected chi connectivity index (χ4v) is 4.68. The molecule has 2 rings (SSSR count). The molecule has 0 aromatic heterocycles. The van der Waals surface area contributed by atoms with Crippen LogP contribution in [-0.2, 0) is 4.79 Å².